The summed E-state index contributed by atoms with van der Waals surface area (Å²) in [7, 11) is 0. The van der Waals surface area contributed by atoms with Crippen molar-refractivity contribution in [2.45, 2.75) is 64.4 Å². The van der Waals surface area contributed by atoms with Crippen LogP contribution in [-0.4, -0.2) is 29.8 Å². The molecule has 0 aliphatic heterocycles. The molecule has 0 aromatic carbocycles. The zero-order chi connectivity index (χ0) is 13.1. The Hall–Kier alpha value is -0.610. The maximum atomic E-state index is 11.3. The number of nitrogens with two attached hydrogens (primary N) is 1. The maximum Gasteiger partial charge on any atom is 0.308 e. The summed E-state index contributed by atoms with van der Waals surface area (Å²) in [5.74, 6) is -0.367. The van der Waals surface area contributed by atoms with Crippen molar-refractivity contribution in [3.63, 3.8) is 0 Å². The lowest BCUT2D eigenvalue weighted by molar-refractivity contribution is -0.148. The summed E-state index contributed by atoms with van der Waals surface area (Å²) in [5.41, 5.74) is 4.18. The zero-order valence-electron chi connectivity index (χ0n) is 11.2. The molecule has 102 valence electrons. The Morgan fingerprint density at radius 1 is 1.24 bits per heavy atom. The summed E-state index contributed by atoms with van der Waals surface area (Å²) < 4.78 is 5.03. The molecule has 0 aliphatic carbocycles. The summed E-state index contributed by atoms with van der Waals surface area (Å²) in [4.78, 5) is 11.3. The van der Waals surface area contributed by atoms with E-state index < -0.39 is 5.60 Å². The average molecular weight is 245 g/mol. The molecule has 0 radical (unpaired) electrons. The minimum Gasteiger partial charge on any atom is -0.466 e. The van der Waals surface area contributed by atoms with Crippen molar-refractivity contribution in [1.29, 1.82) is 0 Å². The summed E-state index contributed by atoms with van der Waals surface area (Å²) >= 11 is 0. The molecule has 0 saturated heterocycles. The van der Waals surface area contributed by atoms with E-state index in [9.17, 15) is 9.90 Å². The van der Waals surface area contributed by atoms with Crippen LogP contribution in [0.5, 0.6) is 0 Å². The van der Waals surface area contributed by atoms with Crippen LogP contribution in [0.2, 0.25) is 0 Å². The predicted molar refractivity (Wildman–Crippen MR) is 68.6 cm³/mol. The zero-order valence-corrected chi connectivity index (χ0v) is 11.2. The first kappa shape index (κ1) is 16.4. The molecule has 0 heterocycles. The Bertz CT molecular complexity index is 205. The van der Waals surface area contributed by atoms with E-state index in [2.05, 4.69) is 6.92 Å². The van der Waals surface area contributed by atoms with Gasteiger partial charge in [-0.15, -0.1) is 0 Å². The second-order valence-electron chi connectivity index (χ2n) is 4.87. The largest absolute Gasteiger partial charge is 0.466 e. The van der Waals surface area contributed by atoms with Crippen LogP contribution in [0.4, 0.5) is 0 Å². The number of aliphatic hydroxyl groups is 1. The highest BCUT2D eigenvalue weighted by Gasteiger charge is 2.23. The van der Waals surface area contributed by atoms with Crippen LogP contribution >= 0.6 is 0 Å². The van der Waals surface area contributed by atoms with Gasteiger partial charge in [-0.05, 0) is 13.3 Å². The highest BCUT2D eigenvalue weighted by Crippen LogP contribution is 2.09. The van der Waals surface area contributed by atoms with Gasteiger partial charge in [0.25, 0.3) is 0 Å². The standard InChI is InChI=1S/C13H27NO3/c1-3-4-5-6-7-8-9-17-12(15)10-13(2,16)11-14/h16H,3-11,14H2,1-2H3. The highest BCUT2D eigenvalue weighted by molar-refractivity contribution is 5.70. The fourth-order valence-electron chi connectivity index (χ4n) is 1.50. The fourth-order valence-corrected chi connectivity index (χ4v) is 1.50. The van der Waals surface area contributed by atoms with Crippen LogP contribution in [-0.2, 0) is 9.53 Å². The molecule has 0 aromatic rings. The van der Waals surface area contributed by atoms with Gasteiger partial charge in [0.2, 0.25) is 0 Å². The first-order valence-corrected chi connectivity index (χ1v) is 6.60. The number of carbonyl (C=O) groups is 1. The van der Waals surface area contributed by atoms with Crippen LogP contribution in [0.3, 0.4) is 0 Å². The van der Waals surface area contributed by atoms with Gasteiger partial charge in [-0.2, -0.15) is 0 Å². The minimum atomic E-state index is -1.14. The summed E-state index contributed by atoms with van der Waals surface area (Å²) in [5, 5.41) is 9.57. The molecular formula is C13H27NO3. The Morgan fingerprint density at radius 3 is 2.41 bits per heavy atom. The van der Waals surface area contributed by atoms with Crippen LogP contribution < -0.4 is 5.73 Å². The number of esters is 1. The monoisotopic (exact) mass is 245 g/mol. The van der Waals surface area contributed by atoms with Crippen LogP contribution in [0.25, 0.3) is 0 Å². The van der Waals surface area contributed by atoms with Crippen molar-refractivity contribution in [3.05, 3.63) is 0 Å². The molecule has 0 bridgehead atoms. The Kier molecular flexibility index (Phi) is 9.09. The predicted octanol–water partition coefficient (Wildman–Crippen LogP) is 1.99. The van der Waals surface area contributed by atoms with E-state index in [1.807, 2.05) is 0 Å². The lowest BCUT2D eigenvalue weighted by atomic mass is 10.0. The second-order valence-corrected chi connectivity index (χ2v) is 4.87. The summed E-state index contributed by atoms with van der Waals surface area (Å²) in [6, 6.07) is 0. The van der Waals surface area contributed by atoms with Gasteiger partial charge < -0.3 is 15.6 Å². The maximum absolute atomic E-state index is 11.3. The van der Waals surface area contributed by atoms with Gasteiger partial charge in [0.05, 0.1) is 18.6 Å². The van der Waals surface area contributed by atoms with Crippen LogP contribution in [0.15, 0.2) is 0 Å². The number of hydrogen-bond acceptors (Lipinski definition) is 4. The molecule has 1 unspecified atom stereocenters. The van der Waals surface area contributed by atoms with Crippen molar-refractivity contribution in [2.75, 3.05) is 13.2 Å². The Balaban J connectivity index is 3.40. The first-order chi connectivity index (χ1) is 8.02. The smallest absolute Gasteiger partial charge is 0.308 e. The molecule has 0 aromatic heterocycles. The van der Waals surface area contributed by atoms with Gasteiger partial charge in [-0.3, -0.25) is 4.79 Å². The first-order valence-electron chi connectivity index (χ1n) is 6.60. The van der Waals surface area contributed by atoms with Crippen molar-refractivity contribution >= 4 is 5.97 Å². The minimum absolute atomic E-state index is 0.0284. The van der Waals surface area contributed by atoms with E-state index in [0.29, 0.717) is 6.61 Å². The van der Waals surface area contributed by atoms with E-state index in [0.717, 1.165) is 12.8 Å². The average Bonchev–Trinajstić information content (AvgIpc) is 2.27. The van der Waals surface area contributed by atoms with Crippen LogP contribution in [0.1, 0.15) is 58.8 Å². The molecular weight excluding hydrogens is 218 g/mol. The molecule has 0 saturated carbocycles. The molecule has 17 heavy (non-hydrogen) atoms. The third kappa shape index (κ3) is 10.3. The topological polar surface area (TPSA) is 72.5 Å². The van der Waals surface area contributed by atoms with Gasteiger partial charge in [0.1, 0.15) is 0 Å². The molecule has 0 spiro atoms. The lowest BCUT2D eigenvalue weighted by Gasteiger charge is -2.19. The van der Waals surface area contributed by atoms with Crippen molar-refractivity contribution < 1.29 is 14.6 Å². The van der Waals surface area contributed by atoms with Crippen LogP contribution in [0, 0.1) is 0 Å². The quantitative estimate of drug-likeness (QED) is 0.456. The molecule has 1 atom stereocenters. The highest BCUT2D eigenvalue weighted by atomic mass is 16.5. The van der Waals surface area contributed by atoms with Crippen molar-refractivity contribution in [3.8, 4) is 0 Å². The van der Waals surface area contributed by atoms with Gasteiger partial charge in [0.15, 0.2) is 0 Å². The summed E-state index contributed by atoms with van der Waals surface area (Å²) in [6.07, 6.45) is 6.95. The van der Waals surface area contributed by atoms with Gasteiger partial charge in [0, 0.05) is 6.54 Å². The molecule has 0 amide bonds. The lowest BCUT2D eigenvalue weighted by Crippen LogP contribution is -2.37. The number of carbonyl (C=O) groups excluding carboxylic acids is 1. The normalized spacial score (nSPS) is 14.4. The van der Waals surface area contributed by atoms with Gasteiger partial charge in [-0.1, -0.05) is 39.0 Å². The van der Waals surface area contributed by atoms with Gasteiger partial charge in [-0.25, -0.2) is 0 Å². The SMILES string of the molecule is CCCCCCCCOC(=O)CC(C)(O)CN. The van der Waals surface area contributed by atoms with E-state index in [4.69, 9.17) is 10.5 Å². The number of ether oxygens (including phenoxy) is 1. The van der Waals surface area contributed by atoms with E-state index in [1.165, 1.54) is 25.7 Å². The van der Waals surface area contributed by atoms with Crippen molar-refractivity contribution in [2.24, 2.45) is 5.73 Å². The molecule has 3 N–H and O–H groups in total. The fraction of sp³-hybridized carbons (Fsp3) is 0.923. The van der Waals surface area contributed by atoms with Crippen molar-refractivity contribution in [1.82, 2.24) is 0 Å². The second kappa shape index (κ2) is 9.42. The Morgan fingerprint density at radius 2 is 1.82 bits per heavy atom. The van der Waals surface area contributed by atoms with E-state index in [-0.39, 0.29) is 18.9 Å². The molecule has 4 nitrogen and oxygen atoms in total. The number of unbranched alkanes of at least 4 members (excludes halogenated alkanes) is 5. The number of hydrogen-bond donors (Lipinski definition) is 2. The number of rotatable bonds is 10. The molecule has 0 rings (SSSR count). The van der Waals surface area contributed by atoms with Gasteiger partial charge >= 0.3 is 5.97 Å². The summed E-state index contributed by atoms with van der Waals surface area (Å²) in [6.45, 7) is 4.24. The third-order valence-electron chi connectivity index (χ3n) is 2.73. The Labute approximate surface area is 105 Å². The molecule has 0 aliphatic rings. The molecule has 4 heteroatoms. The van der Waals surface area contributed by atoms with E-state index >= 15 is 0 Å². The molecule has 0 fully saturated rings. The third-order valence-corrected chi connectivity index (χ3v) is 2.73. The van der Waals surface area contributed by atoms with E-state index in [1.54, 1.807) is 6.92 Å².